The first-order chi connectivity index (χ1) is 12.2. The van der Waals surface area contributed by atoms with E-state index in [-0.39, 0.29) is 5.91 Å². The SMILES string of the molecule is CCOc1ccccc1C(=O)NCCn1cc(-c2nc(C)no2)nn1. The van der Waals surface area contributed by atoms with Gasteiger partial charge in [0.05, 0.1) is 24.9 Å². The van der Waals surface area contributed by atoms with Gasteiger partial charge >= 0.3 is 0 Å². The van der Waals surface area contributed by atoms with Crippen molar-refractivity contribution in [2.75, 3.05) is 13.2 Å². The van der Waals surface area contributed by atoms with Crippen LogP contribution in [0, 0.1) is 6.92 Å². The second kappa shape index (κ2) is 7.56. The number of para-hydroxylation sites is 1. The van der Waals surface area contributed by atoms with Crippen molar-refractivity contribution in [3.05, 3.63) is 41.9 Å². The number of hydrogen-bond acceptors (Lipinski definition) is 7. The van der Waals surface area contributed by atoms with Gasteiger partial charge in [0.2, 0.25) is 0 Å². The Labute approximate surface area is 144 Å². The molecule has 9 heteroatoms. The molecule has 1 aromatic carbocycles. The maximum atomic E-state index is 12.3. The van der Waals surface area contributed by atoms with Gasteiger partial charge in [-0.3, -0.25) is 4.79 Å². The fourth-order valence-corrected chi connectivity index (χ4v) is 2.22. The molecule has 130 valence electrons. The van der Waals surface area contributed by atoms with Crippen molar-refractivity contribution in [1.29, 1.82) is 0 Å². The summed E-state index contributed by atoms with van der Waals surface area (Å²) < 4.78 is 12.1. The molecule has 9 nitrogen and oxygen atoms in total. The summed E-state index contributed by atoms with van der Waals surface area (Å²) in [5.74, 6) is 1.22. The summed E-state index contributed by atoms with van der Waals surface area (Å²) in [4.78, 5) is 16.4. The van der Waals surface area contributed by atoms with E-state index in [1.807, 2.05) is 13.0 Å². The number of benzene rings is 1. The third-order valence-electron chi connectivity index (χ3n) is 3.34. The van der Waals surface area contributed by atoms with Gasteiger partial charge in [-0.1, -0.05) is 22.5 Å². The molecule has 0 atom stereocenters. The van der Waals surface area contributed by atoms with E-state index in [0.29, 0.717) is 48.4 Å². The van der Waals surface area contributed by atoms with Crippen molar-refractivity contribution in [3.8, 4) is 17.3 Å². The lowest BCUT2D eigenvalue weighted by Crippen LogP contribution is -2.27. The first-order valence-corrected chi connectivity index (χ1v) is 7.88. The number of aromatic nitrogens is 5. The highest BCUT2D eigenvalue weighted by Crippen LogP contribution is 2.17. The maximum absolute atomic E-state index is 12.3. The molecule has 0 unspecified atom stereocenters. The van der Waals surface area contributed by atoms with Crippen molar-refractivity contribution in [2.24, 2.45) is 0 Å². The van der Waals surface area contributed by atoms with Crippen LogP contribution in [0.2, 0.25) is 0 Å². The predicted molar refractivity (Wildman–Crippen MR) is 88.0 cm³/mol. The second-order valence-electron chi connectivity index (χ2n) is 5.20. The Balaban J connectivity index is 1.56. The number of nitrogens with one attached hydrogen (secondary N) is 1. The van der Waals surface area contributed by atoms with E-state index in [2.05, 4.69) is 25.8 Å². The fraction of sp³-hybridized carbons (Fsp3) is 0.312. The Kier molecular flexibility index (Phi) is 5.03. The highest BCUT2D eigenvalue weighted by Gasteiger charge is 2.13. The van der Waals surface area contributed by atoms with Gasteiger partial charge in [0.15, 0.2) is 11.5 Å². The molecule has 1 amide bonds. The lowest BCUT2D eigenvalue weighted by atomic mass is 10.2. The lowest BCUT2D eigenvalue weighted by molar-refractivity contribution is 0.0948. The first-order valence-electron chi connectivity index (χ1n) is 7.88. The minimum atomic E-state index is -0.197. The molecule has 1 N–H and O–H groups in total. The van der Waals surface area contributed by atoms with Gasteiger partial charge in [0, 0.05) is 6.54 Å². The molecule has 0 radical (unpaired) electrons. The van der Waals surface area contributed by atoms with Gasteiger partial charge in [-0.05, 0) is 26.0 Å². The monoisotopic (exact) mass is 342 g/mol. The largest absolute Gasteiger partial charge is 0.493 e. The van der Waals surface area contributed by atoms with Crippen LogP contribution in [0.4, 0.5) is 0 Å². The number of nitrogens with zero attached hydrogens (tertiary/aromatic N) is 5. The standard InChI is InChI=1S/C16H18N6O3/c1-3-24-14-7-5-4-6-12(14)15(23)17-8-9-22-10-13(19-21-22)16-18-11(2)20-25-16/h4-7,10H,3,8-9H2,1-2H3,(H,17,23). The number of rotatable bonds is 7. The zero-order valence-electron chi connectivity index (χ0n) is 14.0. The number of amides is 1. The highest BCUT2D eigenvalue weighted by molar-refractivity contribution is 5.96. The van der Waals surface area contributed by atoms with Gasteiger partial charge < -0.3 is 14.6 Å². The van der Waals surface area contributed by atoms with Crippen LogP contribution >= 0.6 is 0 Å². The van der Waals surface area contributed by atoms with Crippen molar-refractivity contribution in [1.82, 2.24) is 30.5 Å². The maximum Gasteiger partial charge on any atom is 0.280 e. The number of carbonyl (C=O) groups excluding carboxylic acids is 1. The normalized spacial score (nSPS) is 10.6. The molecule has 25 heavy (non-hydrogen) atoms. The average molecular weight is 342 g/mol. The van der Waals surface area contributed by atoms with Crippen molar-refractivity contribution >= 4 is 5.91 Å². The zero-order valence-corrected chi connectivity index (χ0v) is 14.0. The molecule has 0 bridgehead atoms. The van der Waals surface area contributed by atoms with E-state index in [1.54, 1.807) is 36.0 Å². The molecule has 0 spiro atoms. The molecule has 0 fully saturated rings. The molecule has 0 aliphatic heterocycles. The molecule has 0 aliphatic carbocycles. The van der Waals surface area contributed by atoms with Crippen LogP contribution in [0.25, 0.3) is 11.6 Å². The van der Waals surface area contributed by atoms with Gasteiger partial charge in [-0.25, -0.2) is 4.68 Å². The van der Waals surface area contributed by atoms with Gasteiger partial charge in [0.25, 0.3) is 11.8 Å². The Morgan fingerprint density at radius 1 is 1.36 bits per heavy atom. The van der Waals surface area contributed by atoms with Crippen LogP contribution in [0.1, 0.15) is 23.1 Å². The topological polar surface area (TPSA) is 108 Å². The van der Waals surface area contributed by atoms with Crippen LogP contribution in [0.5, 0.6) is 5.75 Å². The summed E-state index contributed by atoms with van der Waals surface area (Å²) in [5, 5.41) is 14.5. The van der Waals surface area contributed by atoms with E-state index in [1.165, 1.54) is 0 Å². The predicted octanol–water partition coefficient (Wildman–Crippen LogP) is 1.47. The summed E-state index contributed by atoms with van der Waals surface area (Å²) in [7, 11) is 0. The van der Waals surface area contributed by atoms with E-state index in [9.17, 15) is 4.79 Å². The zero-order chi connectivity index (χ0) is 17.6. The summed E-state index contributed by atoms with van der Waals surface area (Å²) in [6.07, 6.45) is 1.69. The van der Waals surface area contributed by atoms with Gasteiger partial charge in [-0.15, -0.1) is 5.10 Å². The lowest BCUT2D eigenvalue weighted by Gasteiger charge is -2.10. The summed E-state index contributed by atoms with van der Waals surface area (Å²) in [6.45, 7) is 4.96. The summed E-state index contributed by atoms with van der Waals surface area (Å²) in [5.41, 5.74) is 0.999. The molecule has 0 saturated heterocycles. The van der Waals surface area contributed by atoms with Gasteiger partial charge in [-0.2, -0.15) is 4.98 Å². The van der Waals surface area contributed by atoms with Crippen molar-refractivity contribution < 1.29 is 14.1 Å². The summed E-state index contributed by atoms with van der Waals surface area (Å²) in [6, 6.07) is 7.13. The van der Waals surface area contributed by atoms with Crippen LogP contribution in [-0.2, 0) is 6.54 Å². The minimum absolute atomic E-state index is 0.197. The minimum Gasteiger partial charge on any atom is -0.493 e. The summed E-state index contributed by atoms with van der Waals surface area (Å²) >= 11 is 0. The van der Waals surface area contributed by atoms with E-state index >= 15 is 0 Å². The number of aryl methyl sites for hydroxylation is 1. The smallest absolute Gasteiger partial charge is 0.280 e. The molecule has 3 aromatic rings. The van der Waals surface area contributed by atoms with E-state index in [4.69, 9.17) is 9.26 Å². The molecular formula is C16H18N6O3. The Hall–Kier alpha value is -3.23. The Morgan fingerprint density at radius 3 is 2.96 bits per heavy atom. The Bertz CT molecular complexity index is 857. The van der Waals surface area contributed by atoms with Crippen molar-refractivity contribution in [3.63, 3.8) is 0 Å². The van der Waals surface area contributed by atoms with Crippen molar-refractivity contribution in [2.45, 2.75) is 20.4 Å². The number of hydrogen-bond donors (Lipinski definition) is 1. The van der Waals surface area contributed by atoms with Crippen LogP contribution in [0.3, 0.4) is 0 Å². The highest BCUT2D eigenvalue weighted by atomic mass is 16.5. The number of ether oxygens (including phenoxy) is 1. The molecule has 0 saturated carbocycles. The average Bonchev–Trinajstić information content (AvgIpc) is 3.24. The quantitative estimate of drug-likeness (QED) is 0.692. The van der Waals surface area contributed by atoms with Crippen LogP contribution in [0.15, 0.2) is 35.0 Å². The number of carbonyl (C=O) groups is 1. The Morgan fingerprint density at radius 2 is 2.20 bits per heavy atom. The van der Waals surface area contributed by atoms with E-state index < -0.39 is 0 Å². The van der Waals surface area contributed by atoms with E-state index in [0.717, 1.165) is 0 Å². The molecular weight excluding hydrogens is 324 g/mol. The fourth-order valence-electron chi connectivity index (χ4n) is 2.22. The first kappa shape index (κ1) is 16.6. The third kappa shape index (κ3) is 4.00. The molecule has 2 heterocycles. The molecule has 2 aromatic heterocycles. The second-order valence-corrected chi connectivity index (χ2v) is 5.20. The van der Waals surface area contributed by atoms with Crippen LogP contribution in [-0.4, -0.2) is 44.2 Å². The molecule has 0 aliphatic rings. The van der Waals surface area contributed by atoms with Gasteiger partial charge in [0.1, 0.15) is 5.75 Å². The third-order valence-corrected chi connectivity index (χ3v) is 3.34. The molecule has 3 rings (SSSR count). The van der Waals surface area contributed by atoms with Crippen LogP contribution < -0.4 is 10.1 Å².